The lowest BCUT2D eigenvalue weighted by atomic mass is 10.1. The van der Waals surface area contributed by atoms with Crippen molar-refractivity contribution in [3.05, 3.63) is 0 Å². The van der Waals surface area contributed by atoms with Crippen LogP contribution in [0.2, 0.25) is 0 Å². The molecule has 0 radical (unpaired) electrons. The quantitative estimate of drug-likeness (QED) is 0.759. The summed E-state index contributed by atoms with van der Waals surface area (Å²) in [7, 11) is -3.12. The van der Waals surface area contributed by atoms with Crippen molar-refractivity contribution in [3.8, 4) is 0 Å². The van der Waals surface area contributed by atoms with Gasteiger partial charge in [-0.1, -0.05) is 43.6 Å². The van der Waals surface area contributed by atoms with Crippen LogP contribution in [-0.2, 0) is 10.0 Å². The number of nitrogens with one attached hydrogen (secondary N) is 1. The summed E-state index contributed by atoms with van der Waals surface area (Å²) in [6.45, 7) is 7.81. The number of hydrogen-bond acceptors (Lipinski definition) is 2. The number of rotatable bonds is 6. The molecule has 86 valence electrons. The van der Waals surface area contributed by atoms with Crippen molar-refractivity contribution in [2.45, 2.75) is 33.7 Å². The van der Waals surface area contributed by atoms with Crippen molar-refractivity contribution < 1.29 is 8.42 Å². The van der Waals surface area contributed by atoms with Gasteiger partial charge >= 0.3 is 0 Å². The zero-order valence-corrected chi connectivity index (χ0v) is 11.7. The topological polar surface area (TPSA) is 46.2 Å². The van der Waals surface area contributed by atoms with Gasteiger partial charge < -0.3 is 0 Å². The zero-order chi connectivity index (χ0) is 11.4. The van der Waals surface area contributed by atoms with Crippen LogP contribution in [0.15, 0.2) is 0 Å². The number of alkyl halides is 1. The smallest absolute Gasteiger partial charge is 0.212 e. The van der Waals surface area contributed by atoms with Crippen LogP contribution in [0.3, 0.4) is 0 Å². The maximum atomic E-state index is 11.6. The Morgan fingerprint density at radius 1 is 1.21 bits per heavy atom. The summed E-state index contributed by atoms with van der Waals surface area (Å²) in [5.41, 5.74) is 0. The van der Waals surface area contributed by atoms with E-state index in [4.69, 9.17) is 0 Å². The van der Waals surface area contributed by atoms with Crippen molar-refractivity contribution in [1.29, 1.82) is 0 Å². The van der Waals surface area contributed by atoms with Crippen LogP contribution in [0, 0.1) is 11.8 Å². The van der Waals surface area contributed by atoms with Gasteiger partial charge in [0.25, 0.3) is 0 Å². The Morgan fingerprint density at radius 3 is 2.00 bits per heavy atom. The molecule has 1 unspecified atom stereocenters. The molecule has 0 aromatic heterocycles. The largest absolute Gasteiger partial charge is 0.212 e. The Morgan fingerprint density at radius 2 is 1.71 bits per heavy atom. The van der Waals surface area contributed by atoms with Gasteiger partial charge in [0, 0.05) is 11.4 Å². The van der Waals surface area contributed by atoms with Crippen LogP contribution >= 0.6 is 15.9 Å². The highest BCUT2D eigenvalue weighted by molar-refractivity contribution is 9.09. The van der Waals surface area contributed by atoms with E-state index in [0.29, 0.717) is 11.2 Å². The third-order valence-corrected chi connectivity index (χ3v) is 4.32. The summed E-state index contributed by atoms with van der Waals surface area (Å²) in [6, 6.07) is -0.0150. The predicted octanol–water partition coefficient (Wildman–Crippen LogP) is 1.98. The number of hydrogen-bond donors (Lipinski definition) is 1. The fraction of sp³-hybridized carbons (Fsp3) is 1.00. The molecular formula is C9H20BrNO2S. The average Bonchev–Trinajstić information content (AvgIpc) is 1.97. The molecule has 0 spiro atoms. The molecule has 0 aromatic carbocycles. The standard InChI is InChI=1S/C9H20BrNO2S/c1-7(2)6-14(12,13)11-9(5-10)8(3)4/h7-9,11H,5-6H2,1-4H3. The summed E-state index contributed by atoms with van der Waals surface area (Å²) in [4.78, 5) is 0. The Labute approximate surface area is 95.8 Å². The molecule has 0 heterocycles. The van der Waals surface area contributed by atoms with Crippen LogP contribution < -0.4 is 4.72 Å². The van der Waals surface area contributed by atoms with Crippen LogP contribution in [0.1, 0.15) is 27.7 Å². The Kier molecular flexibility index (Phi) is 6.25. The Hall–Kier alpha value is 0.390. The van der Waals surface area contributed by atoms with Gasteiger partial charge in [-0.2, -0.15) is 0 Å². The van der Waals surface area contributed by atoms with E-state index in [1.54, 1.807) is 0 Å². The molecule has 0 aliphatic heterocycles. The highest BCUT2D eigenvalue weighted by Crippen LogP contribution is 2.08. The highest BCUT2D eigenvalue weighted by Gasteiger charge is 2.20. The molecule has 0 saturated carbocycles. The monoisotopic (exact) mass is 285 g/mol. The third-order valence-electron chi connectivity index (χ3n) is 1.85. The van der Waals surface area contributed by atoms with Crippen molar-refractivity contribution in [2.75, 3.05) is 11.1 Å². The first kappa shape index (κ1) is 14.4. The minimum absolute atomic E-state index is 0.0150. The number of halogens is 1. The van der Waals surface area contributed by atoms with Crippen molar-refractivity contribution in [3.63, 3.8) is 0 Å². The molecule has 0 aliphatic rings. The second-order valence-corrected chi connectivity index (χ2v) is 6.74. The van der Waals surface area contributed by atoms with E-state index in [2.05, 4.69) is 20.7 Å². The van der Waals surface area contributed by atoms with Gasteiger partial charge in [0.1, 0.15) is 0 Å². The molecule has 0 aromatic rings. The minimum atomic E-state index is -3.12. The van der Waals surface area contributed by atoms with E-state index in [1.807, 2.05) is 27.7 Å². The predicted molar refractivity (Wildman–Crippen MR) is 64.2 cm³/mol. The van der Waals surface area contributed by atoms with Crippen LogP contribution in [-0.4, -0.2) is 25.5 Å². The average molecular weight is 286 g/mol. The summed E-state index contributed by atoms with van der Waals surface area (Å²) in [5.74, 6) is 0.662. The second kappa shape index (κ2) is 6.08. The van der Waals surface area contributed by atoms with Gasteiger partial charge in [-0.25, -0.2) is 13.1 Å². The lowest BCUT2D eigenvalue weighted by Gasteiger charge is -2.20. The molecule has 0 fully saturated rings. The highest BCUT2D eigenvalue weighted by atomic mass is 79.9. The molecule has 5 heteroatoms. The summed E-state index contributed by atoms with van der Waals surface area (Å²) in [6.07, 6.45) is 0. The fourth-order valence-electron chi connectivity index (χ4n) is 1.06. The summed E-state index contributed by atoms with van der Waals surface area (Å²) < 4.78 is 25.9. The molecule has 0 aliphatic carbocycles. The lowest BCUT2D eigenvalue weighted by Crippen LogP contribution is -2.41. The molecule has 0 amide bonds. The van der Waals surface area contributed by atoms with E-state index in [9.17, 15) is 8.42 Å². The third kappa shape index (κ3) is 5.98. The molecule has 1 N–H and O–H groups in total. The van der Waals surface area contributed by atoms with Gasteiger partial charge in [0.2, 0.25) is 10.0 Å². The first-order valence-electron chi connectivity index (χ1n) is 4.84. The van der Waals surface area contributed by atoms with Crippen LogP contribution in [0.25, 0.3) is 0 Å². The van der Waals surface area contributed by atoms with Gasteiger partial charge in [-0.15, -0.1) is 0 Å². The molecule has 1 atom stereocenters. The zero-order valence-electron chi connectivity index (χ0n) is 9.25. The molecule has 14 heavy (non-hydrogen) atoms. The van der Waals surface area contributed by atoms with E-state index in [0.717, 1.165) is 0 Å². The lowest BCUT2D eigenvalue weighted by molar-refractivity contribution is 0.480. The molecule has 0 bridgehead atoms. The Bertz CT molecular complexity index is 250. The van der Waals surface area contributed by atoms with Crippen LogP contribution in [0.4, 0.5) is 0 Å². The SMILES string of the molecule is CC(C)CS(=O)(=O)NC(CBr)C(C)C. The van der Waals surface area contributed by atoms with Gasteiger partial charge in [0.05, 0.1) is 5.75 Å². The number of sulfonamides is 1. The molecule has 0 saturated heterocycles. The first-order chi connectivity index (χ1) is 6.28. The van der Waals surface area contributed by atoms with E-state index >= 15 is 0 Å². The maximum absolute atomic E-state index is 11.6. The molecule has 3 nitrogen and oxygen atoms in total. The first-order valence-corrected chi connectivity index (χ1v) is 7.62. The summed E-state index contributed by atoms with van der Waals surface area (Å²) in [5, 5.41) is 0.655. The van der Waals surface area contributed by atoms with Crippen molar-refractivity contribution in [1.82, 2.24) is 4.72 Å². The van der Waals surface area contributed by atoms with Crippen molar-refractivity contribution >= 4 is 26.0 Å². The molecular weight excluding hydrogens is 266 g/mol. The molecule has 0 rings (SSSR count). The van der Waals surface area contributed by atoms with E-state index in [-0.39, 0.29) is 17.7 Å². The van der Waals surface area contributed by atoms with E-state index in [1.165, 1.54) is 0 Å². The summed E-state index contributed by atoms with van der Waals surface area (Å²) >= 11 is 3.31. The maximum Gasteiger partial charge on any atom is 0.212 e. The normalized spacial score (nSPS) is 15.1. The van der Waals surface area contributed by atoms with Gasteiger partial charge in [0.15, 0.2) is 0 Å². The Balaban J connectivity index is 4.33. The van der Waals surface area contributed by atoms with E-state index < -0.39 is 10.0 Å². The van der Waals surface area contributed by atoms with Crippen molar-refractivity contribution in [2.24, 2.45) is 11.8 Å². The van der Waals surface area contributed by atoms with Gasteiger partial charge in [-0.3, -0.25) is 0 Å². The second-order valence-electron chi connectivity index (χ2n) is 4.30. The van der Waals surface area contributed by atoms with Gasteiger partial charge in [-0.05, 0) is 11.8 Å². The minimum Gasteiger partial charge on any atom is -0.212 e. The van der Waals surface area contributed by atoms with Crippen LogP contribution in [0.5, 0.6) is 0 Å². The fourth-order valence-corrected chi connectivity index (χ4v) is 3.98.